The SMILES string of the molecule is CCCCCCCCCCCCCCCCNC(=O)CCN(CCCNC)CCC(=O)NCCCCCCCCCCCCCCCC. The van der Waals surface area contributed by atoms with Gasteiger partial charge in [-0.1, -0.05) is 181 Å². The Morgan fingerprint density at radius 2 is 0.667 bits per heavy atom. The molecule has 0 aliphatic rings. The molecule has 0 aromatic heterocycles. The Hall–Kier alpha value is -1.14. The third-order valence-electron chi connectivity index (χ3n) is 9.92. The molecule has 0 fully saturated rings. The summed E-state index contributed by atoms with van der Waals surface area (Å²) >= 11 is 0. The number of nitrogens with zero attached hydrogens (tertiary/aromatic N) is 1. The van der Waals surface area contributed by atoms with Crippen LogP contribution in [0.25, 0.3) is 0 Å². The molecule has 0 atom stereocenters. The summed E-state index contributed by atoms with van der Waals surface area (Å²) in [4.78, 5) is 27.3. The zero-order valence-electron chi connectivity index (χ0n) is 32.9. The summed E-state index contributed by atoms with van der Waals surface area (Å²) in [6.07, 6.45) is 39.9. The average Bonchev–Trinajstić information content (AvgIpc) is 3.09. The van der Waals surface area contributed by atoms with Gasteiger partial charge >= 0.3 is 0 Å². The molecule has 0 aliphatic heterocycles. The second-order valence-electron chi connectivity index (χ2n) is 14.7. The first-order chi connectivity index (χ1) is 23.6. The quantitative estimate of drug-likeness (QED) is 0.0564. The minimum absolute atomic E-state index is 0.144. The van der Waals surface area contributed by atoms with Gasteiger partial charge in [0.1, 0.15) is 0 Å². The van der Waals surface area contributed by atoms with E-state index in [1.54, 1.807) is 0 Å². The van der Waals surface area contributed by atoms with Gasteiger partial charge in [0.25, 0.3) is 0 Å². The van der Waals surface area contributed by atoms with E-state index >= 15 is 0 Å². The minimum atomic E-state index is 0.144. The van der Waals surface area contributed by atoms with Crippen molar-refractivity contribution in [3.63, 3.8) is 0 Å². The molecule has 0 aliphatic carbocycles. The van der Waals surface area contributed by atoms with Crippen LogP contribution in [0.15, 0.2) is 0 Å². The number of amides is 2. The molecule has 2 amide bonds. The van der Waals surface area contributed by atoms with E-state index < -0.39 is 0 Å². The lowest BCUT2D eigenvalue weighted by Gasteiger charge is -2.22. The third kappa shape index (κ3) is 37.7. The molecule has 0 spiro atoms. The van der Waals surface area contributed by atoms with Crippen LogP contribution in [0.1, 0.15) is 213 Å². The van der Waals surface area contributed by atoms with Crippen molar-refractivity contribution in [1.82, 2.24) is 20.9 Å². The first-order valence-corrected chi connectivity index (χ1v) is 21.5. The van der Waals surface area contributed by atoms with E-state index in [0.29, 0.717) is 12.8 Å². The summed E-state index contributed by atoms with van der Waals surface area (Å²) in [5.41, 5.74) is 0. The molecule has 6 nitrogen and oxygen atoms in total. The monoisotopic (exact) mass is 679 g/mol. The molecule has 0 aromatic carbocycles. The second kappa shape index (κ2) is 40.3. The predicted molar refractivity (Wildman–Crippen MR) is 211 cm³/mol. The average molecular weight is 679 g/mol. The number of carbonyl (C=O) groups excluding carboxylic acids is 2. The van der Waals surface area contributed by atoms with Crippen molar-refractivity contribution in [2.24, 2.45) is 0 Å². The van der Waals surface area contributed by atoms with Crippen LogP contribution >= 0.6 is 0 Å². The maximum Gasteiger partial charge on any atom is 0.221 e. The Kier molecular flexibility index (Phi) is 39.3. The largest absolute Gasteiger partial charge is 0.356 e. The van der Waals surface area contributed by atoms with E-state index in [9.17, 15) is 9.59 Å². The Bertz CT molecular complexity index is 610. The van der Waals surface area contributed by atoms with Crippen molar-refractivity contribution in [3.8, 4) is 0 Å². The Morgan fingerprint density at radius 1 is 0.375 bits per heavy atom. The zero-order valence-corrected chi connectivity index (χ0v) is 32.9. The predicted octanol–water partition coefficient (Wildman–Crippen LogP) is 10.9. The van der Waals surface area contributed by atoms with Crippen molar-refractivity contribution in [2.45, 2.75) is 213 Å². The first kappa shape index (κ1) is 46.9. The number of hydrogen-bond acceptors (Lipinski definition) is 4. The molecule has 0 saturated carbocycles. The molecule has 286 valence electrons. The van der Waals surface area contributed by atoms with Gasteiger partial charge in [0.2, 0.25) is 11.8 Å². The molecule has 0 unspecified atom stereocenters. The van der Waals surface area contributed by atoms with Crippen molar-refractivity contribution in [3.05, 3.63) is 0 Å². The fourth-order valence-electron chi connectivity index (χ4n) is 6.61. The number of unbranched alkanes of at least 4 members (excludes halogenated alkanes) is 26. The summed E-state index contributed by atoms with van der Waals surface area (Å²) in [5.74, 6) is 0.288. The third-order valence-corrected chi connectivity index (χ3v) is 9.92. The molecule has 0 heterocycles. The maximum absolute atomic E-state index is 12.5. The van der Waals surface area contributed by atoms with E-state index in [0.717, 1.165) is 58.5 Å². The fraction of sp³-hybridized carbons (Fsp3) is 0.952. The van der Waals surface area contributed by atoms with E-state index in [4.69, 9.17) is 0 Å². The molecular weight excluding hydrogens is 592 g/mol. The van der Waals surface area contributed by atoms with Crippen LogP contribution in [-0.4, -0.2) is 63.0 Å². The number of carbonyl (C=O) groups is 2. The number of rotatable bonds is 40. The Balaban J connectivity index is 3.75. The van der Waals surface area contributed by atoms with Gasteiger partial charge in [0, 0.05) is 39.0 Å². The highest BCUT2D eigenvalue weighted by atomic mass is 16.2. The normalized spacial score (nSPS) is 11.4. The van der Waals surface area contributed by atoms with E-state index in [1.807, 2.05) is 7.05 Å². The minimum Gasteiger partial charge on any atom is -0.356 e. The van der Waals surface area contributed by atoms with E-state index in [1.165, 1.54) is 167 Å². The standard InChI is InChI=1S/C42H86N4O2/c1-4-6-8-10-12-14-16-18-20-22-24-26-28-30-36-44-41(47)33-39-46(38-32-35-43-3)40-34-42(48)45-37-31-29-27-25-23-21-19-17-15-13-11-9-7-5-2/h43H,4-40H2,1-3H3,(H,44,47)(H,45,48). The molecule has 0 radical (unpaired) electrons. The van der Waals surface area contributed by atoms with Crippen LogP contribution in [-0.2, 0) is 9.59 Å². The molecule has 6 heteroatoms. The van der Waals surface area contributed by atoms with Crippen molar-refractivity contribution < 1.29 is 9.59 Å². The van der Waals surface area contributed by atoms with Crippen LogP contribution in [0, 0.1) is 0 Å². The van der Waals surface area contributed by atoms with Crippen molar-refractivity contribution >= 4 is 11.8 Å². The van der Waals surface area contributed by atoms with Crippen molar-refractivity contribution in [1.29, 1.82) is 0 Å². The van der Waals surface area contributed by atoms with Gasteiger partial charge in [0.05, 0.1) is 0 Å². The van der Waals surface area contributed by atoms with Crippen LogP contribution in [0.3, 0.4) is 0 Å². The molecule has 0 rings (SSSR count). The highest BCUT2D eigenvalue weighted by molar-refractivity contribution is 5.76. The van der Waals surface area contributed by atoms with Gasteiger partial charge in [-0.3, -0.25) is 9.59 Å². The number of hydrogen-bond donors (Lipinski definition) is 3. The van der Waals surface area contributed by atoms with Crippen molar-refractivity contribution in [2.75, 3.05) is 46.3 Å². The van der Waals surface area contributed by atoms with E-state index in [2.05, 4.69) is 34.7 Å². The maximum atomic E-state index is 12.5. The second-order valence-corrected chi connectivity index (χ2v) is 14.7. The molecule has 48 heavy (non-hydrogen) atoms. The number of nitrogens with one attached hydrogen (secondary N) is 3. The summed E-state index contributed by atoms with van der Waals surface area (Å²) in [6.45, 7) is 9.46. The summed E-state index contributed by atoms with van der Waals surface area (Å²) in [5, 5.41) is 9.47. The highest BCUT2D eigenvalue weighted by Crippen LogP contribution is 2.14. The molecule has 0 bridgehead atoms. The molecule has 0 aromatic rings. The van der Waals surface area contributed by atoms with Crippen LogP contribution in [0.2, 0.25) is 0 Å². The molecular formula is C42H86N4O2. The van der Waals surface area contributed by atoms with Gasteiger partial charge in [0.15, 0.2) is 0 Å². The lowest BCUT2D eigenvalue weighted by atomic mass is 10.0. The van der Waals surface area contributed by atoms with E-state index in [-0.39, 0.29) is 11.8 Å². The van der Waals surface area contributed by atoms with Gasteiger partial charge in [-0.15, -0.1) is 0 Å². The summed E-state index contributed by atoms with van der Waals surface area (Å²) in [6, 6.07) is 0. The van der Waals surface area contributed by atoms with Gasteiger partial charge in [-0.25, -0.2) is 0 Å². The van der Waals surface area contributed by atoms with Gasteiger partial charge in [-0.2, -0.15) is 0 Å². The molecule has 0 saturated heterocycles. The highest BCUT2D eigenvalue weighted by Gasteiger charge is 2.11. The lowest BCUT2D eigenvalue weighted by molar-refractivity contribution is -0.121. The Labute approximate surface area is 300 Å². The summed E-state index contributed by atoms with van der Waals surface area (Å²) in [7, 11) is 1.97. The van der Waals surface area contributed by atoms with Crippen LogP contribution in [0.4, 0.5) is 0 Å². The zero-order chi connectivity index (χ0) is 35.0. The topological polar surface area (TPSA) is 73.5 Å². The van der Waals surface area contributed by atoms with Crippen LogP contribution in [0.5, 0.6) is 0 Å². The first-order valence-electron chi connectivity index (χ1n) is 21.5. The fourth-order valence-corrected chi connectivity index (χ4v) is 6.61. The Morgan fingerprint density at radius 3 is 0.958 bits per heavy atom. The van der Waals surface area contributed by atoms with Gasteiger partial charge < -0.3 is 20.9 Å². The summed E-state index contributed by atoms with van der Waals surface area (Å²) < 4.78 is 0. The molecule has 3 N–H and O–H groups in total. The lowest BCUT2D eigenvalue weighted by Crippen LogP contribution is -2.35. The van der Waals surface area contributed by atoms with Crippen LogP contribution < -0.4 is 16.0 Å². The smallest absolute Gasteiger partial charge is 0.221 e. The van der Waals surface area contributed by atoms with Gasteiger partial charge in [-0.05, 0) is 39.4 Å².